The molecule has 0 heterocycles. The molecule has 0 aromatic carbocycles. The first-order valence-corrected chi connectivity index (χ1v) is 0. The van der Waals surface area contributed by atoms with Gasteiger partial charge < -0.3 is 28.2 Å². The molecule has 0 aromatic rings. The standard InChI is InChI=1S/Ba.Ce.6FH.Li/h;;6*1H;/q+2;+3;;;;;;;+1/p-6. The maximum atomic E-state index is 0. The number of hydrogen-bond acceptors (Lipinski definition) is 0. The van der Waals surface area contributed by atoms with Gasteiger partial charge in [0.05, 0.1) is 0 Å². The van der Waals surface area contributed by atoms with Crippen molar-refractivity contribution < 1.29 is 88.8 Å². The van der Waals surface area contributed by atoms with E-state index in [-0.39, 0.29) is 138 Å². The molecule has 0 aromatic heterocycles. The Kier molecular flexibility index (Phi) is 1990. The second-order valence-electron chi connectivity index (χ2n) is 0. The van der Waals surface area contributed by atoms with Crippen molar-refractivity contribution >= 4 is 48.9 Å². The molecule has 49 valence electrons. The summed E-state index contributed by atoms with van der Waals surface area (Å²) in [5.41, 5.74) is 0. The van der Waals surface area contributed by atoms with Crippen molar-refractivity contribution in [1.29, 1.82) is 0 Å². The molecule has 9 heavy (non-hydrogen) atoms. The zero-order chi connectivity index (χ0) is 0. The van der Waals surface area contributed by atoms with Crippen LogP contribution in [0.15, 0.2) is 0 Å². The third-order valence-corrected chi connectivity index (χ3v) is 0. The zero-order valence-electron chi connectivity index (χ0n) is 4.47. The SMILES string of the molecule is [Ba+2].[Ce+3].[F-].[F-].[F-].[F-].[F-].[F-].[Li+]. The minimum atomic E-state index is 0. The first-order valence-electron chi connectivity index (χ1n) is 0. The fourth-order valence-corrected chi connectivity index (χ4v) is 0. The largest absolute Gasteiger partial charge is 3.00 e. The molecule has 0 N–H and O–H groups in total. The van der Waals surface area contributed by atoms with Crippen LogP contribution >= 0.6 is 0 Å². The zero-order valence-corrected chi connectivity index (χ0v) is 12.1. The molecule has 0 bridgehead atoms. The van der Waals surface area contributed by atoms with Crippen LogP contribution in [-0.4, -0.2) is 48.9 Å². The van der Waals surface area contributed by atoms with Crippen molar-refractivity contribution in [3.63, 3.8) is 0 Å². The van der Waals surface area contributed by atoms with E-state index in [4.69, 9.17) is 0 Å². The third-order valence-electron chi connectivity index (χ3n) is 0. The molecule has 1 radical (unpaired) electrons. The quantitative estimate of drug-likeness (QED) is 0.281. The summed E-state index contributed by atoms with van der Waals surface area (Å²) in [5, 5.41) is 0. The minimum absolute atomic E-state index is 0. The molecule has 0 aliphatic carbocycles. The van der Waals surface area contributed by atoms with E-state index in [0.29, 0.717) is 0 Å². The molecule has 0 aliphatic rings. The van der Waals surface area contributed by atoms with Gasteiger partial charge in [-0.2, -0.15) is 0 Å². The number of hydrogen-bond donors (Lipinski definition) is 0. The number of halogens is 6. The molecule has 0 spiro atoms. The van der Waals surface area contributed by atoms with Gasteiger partial charge in [-0.1, -0.05) is 0 Å². The maximum Gasteiger partial charge on any atom is 3.00 e. The van der Waals surface area contributed by atoms with Gasteiger partial charge in [-0.25, -0.2) is 0 Å². The summed E-state index contributed by atoms with van der Waals surface area (Å²) < 4.78 is 0. The van der Waals surface area contributed by atoms with E-state index in [9.17, 15) is 0 Å². The van der Waals surface area contributed by atoms with Gasteiger partial charge in [-0.05, 0) is 0 Å². The van der Waals surface area contributed by atoms with Crippen LogP contribution in [0.1, 0.15) is 0 Å². The first-order chi connectivity index (χ1) is 0. The predicted molar refractivity (Wildman–Crippen MR) is 5.75 cm³/mol. The summed E-state index contributed by atoms with van der Waals surface area (Å²) in [7, 11) is 0. The van der Waals surface area contributed by atoms with Gasteiger partial charge in [0.15, 0.2) is 0 Å². The van der Waals surface area contributed by atoms with Gasteiger partial charge in [-0.15, -0.1) is 0 Å². The molecule has 0 aliphatic heterocycles. The van der Waals surface area contributed by atoms with Crippen LogP contribution < -0.4 is 47.1 Å². The van der Waals surface area contributed by atoms with Gasteiger partial charge in [-0.3, -0.25) is 0 Å². The molecule has 9 heteroatoms. The van der Waals surface area contributed by atoms with Crippen LogP contribution in [0.5, 0.6) is 0 Å². The Bertz CT molecular complexity index is 13.0. The molecule has 0 unspecified atom stereocenters. The summed E-state index contributed by atoms with van der Waals surface area (Å²) in [6.07, 6.45) is 0. The maximum absolute atomic E-state index is 0. The van der Waals surface area contributed by atoms with E-state index >= 15 is 0 Å². The van der Waals surface area contributed by atoms with Crippen LogP contribution in [0.25, 0.3) is 0 Å². The van der Waals surface area contributed by atoms with E-state index in [2.05, 4.69) is 0 Å². The molecule has 0 fully saturated rings. The molecule has 0 atom stereocenters. The van der Waals surface area contributed by atoms with Crippen LogP contribution in [0.2, 0.25) is 0 Å². The van der Waals surface area contributed by atoms with Gasteiger partial charge in [0.25, 0.3) is 0 Å². The van der Waals surface area contributed by atoms with Crippen molar-refractivity contribution in [2.45, 2.75) is 0 Å². The van der Waals surface area contributed by atoms with Crippen molar-refractivity contribution in [3.8, 4) is 0 Å². The van der Waals surface area contributed by atoms with Crippen LogP contribution in [0, 0.1) is 41.7 Å². The van der Waals surface area contributed by atoms with Gasteiger partial charge >= 0.3 is 109 Å². The Morgan fingerprint density at radius 2 is 0.444 bits per heavy atom. The summed E-state index contributed by atoms with van der Waals surface area (Å²) in [5.74, 6) is 0. The van der Waals surface area contributed by atoms with E-state index in [1.165, 1.54) is 0 Å². The normalized spacial score (nSPS) is 0. The summed E-state index contributed by atoms with van der Waals surface area (Å²) in [6, 6.07) is 0. The third kappa shape index (κ3) is 94.8. The summed E-state index contributed by atoms with van der Waals surface area (Å²) >= 11 is 0. The van der Waals surface area contributed by atoms with Crippen LogP contribution in [0.4, 0.5) is 0 Å². The topological polar surface area (TPSA) is 0 Å². The second-order valence-corrected chi connectivity index (χ2v) is 0. The van der Waals surface area contributed by atoms with Crippen molar-refractivity contribution in [1.82, 2.24) is 0 Å². The van der Waals surface area contributed by atoms with E-state index in [1.54, 1.807) is 0 Å². The van der Waals surface area contributed by atoms with Gasteiger partial charge in [0.2, 0.25) is 0 Å². The fourth-order valence-electron chi connectivity index (χ4n) is 0. The average Bonchev–Trinajstić information content (AvgIpc) is 0. The molecule has 0 nitrogen and oxygen atoms in total. The van der Waals surface area contributed by atoms with Crippen LogP contribution in [0.3, 0.4) is 0 Å². The molecule has 0 saturated carbocycles. The first kappa shape index (κ1) is 154. The Morgan fingerprint density at radius 3 is 0.444 bits per heavy atom. The fraction of sp³-hybridized carbons (Fsp3) is 0. The average molecular weight is 398 g/mol. The summed E-state index contributed by atoms with van der Waals surface area (Å²) in [6.45, 7) is 0. The van der Waals surface area contributed by atoms with Gasteiger partial charge in [0.1, 0.15) is 0 Å². The van der Waals surface area contributed by atoms with Crippen molar-refractivity contribution in [3.05, 3.63) is 0 Å². The Hall–Kier alpha value is 3.13. The second kappa shape index (κ2) is 117. The molecule has 0 saturated heterocycles. The Morgan fingerprint density at radius 1 is 0.444 bits per heavy atom. The smallest absolute Gasteiger partial charge is 1.00 e. The molecular formula is BaCeF6Li. The number of rotatable bonds is 0. The van der Waals surface area contributed by atoms with Crippen molar-refractivity contribution in [2.24, 2.45) is 0 Å². The minimum Gasteiger partial charge on any atom is -1.00 e. The monoisotopic (exact) mass is 399 g/mol. The molecule has 0 rings (SSSR count). The molecule has 0 amide bonds. The summed E-state index contributed by atoms with van der Waals surface area (Å²) in [4.78, 5) is 0. The van der Waals surface area contributed by atoms with Crippen LogP contribution in [-0.2, 0) is 0 Å². The Balaban J connectivity index is 0. The van der Waals surface area contributed by atoms with Gasteiger partial charge in [0, 0.05) is 0 Å². The predicted octanol–water partition coefficient (Wildman–Crippen LogP) is -21.4. The van der Waals surface area contributed by atoms with Crippen molar-refractivity contribution in [2.75, 3.05) is 0 Å². The van der Waals surface area contributed by atoms with E-state index in [0.717, 1.165) is 0 Å². The van der Waals surface area contributed by atoms with E-state index < -0.39 is 0 Å². The van der Waals surface area contributed by atoms with E-state index in [1.807, 2.05) is 0 Å². The molecular weight excluding hydrogens is 398 g/mol. The Labute approximate surface area is 134 Å².